The Bertz CT molecular complexity index is 2590. The number of ether oxygens (including phenoxy) is 1. The monoisotopic (exact) mass is 770 g/mol. The van der Waals surface area contributed by atoms with Crippen LogP contribution in [0.3, 0.4) is 0 Å². The van der Waals surface area contributed by atoms with Crippen LogP contribution in [0.1, 0.15) is 24.4 Å². The fourth-order valence-electron chi connectivity index (χ4n) is 7.24. The number of imide groups is 1. The Hall–Kier alpha value is -6.27. The Balaban J connectivity index is 0.928. The molecule has 1 aromatic heterocycles. The lowest BCUT2D eigenvalue weighted by Gasteiger charge is -2.39. The third-order valence-electron chi connectivity index (χ3n) is 9.91. The molecular formula is C37H35FN8O8S. The van der Waals surface area contributed by atoms with Gasteiger partial charge in [-0.05, 0) is 59.8 Å². The van der Waals surface area contributed by atoms with Crippen LogP contribution in [0.15, 0.2) is 77.6 Å². The van der Waals surface area contributed by atoms with Crippen molar-refractivity contribution in [3.63, 3.8) is 0 Å². The number of anilines is 3. The maximum atomic E-state index is 16.1. The number of amides is 4. The van der Waals surface area contributed by atoms with Crippen LogP contribution in [0, 0.1) is 5.82 Å². The van der Waals surface area contributed by atoms with Crippen LogP contribution in [0.5, 0.6) is 5.75 Å². The Morgan fingerprint density at radius 2 is 1.71 bits per heavy atom. The van der Waals surface area contributed by atoms with Crippen molar-refractivity contribution in [3.8, 4) is 5.75 Å². The Labute approximate surface area is 313 Å². The van der Waals surface area contributed by atoms with Crippen LogP contribution >= 0.6 is 0 Å². The Morgan fingerprint density at radius 3 is 2.44 bits per heavy atom. The number of benzene rings is 4. The molecule has 0 spiro atoms. The maximum Gasteiger partial charge on any atom is 0.329 e. The summed E-state index contributed by atoms with van der Waals surface area (Å²) in [5, 5.41) is 8.98. The second kappa shape index (κ2) is 13.9. The van der Waals surface area contributed by atoms with Crippen LogP contribution in [0.2, 0.25) is 0 Å². The van der Waals surface area contributed by atoms with Crippen molar-refractivity contribution in [2.24, 2.45) is 7.05 Å². The zero-order valence-electron chi connectivity index (χ0n) is 29.4. The van der Waals surface area contributed by atoms with Crippen molar-refractivity contribution in [1.82, 2.24) is 24.1 Å². The zero-order chi connectivity index (χ0) is 38.6. The fraction of sp³-hybridized carbons (Fsp3) is 0.270. The van der Waals surface area contributed by atoms with Gasteiger partial charge in [0.1, 0.15) is 30.6 Å². The first-order valence-corrected chi connectivity index (χ1v) is 18.9. The summed E-state index contributed by atoms with van der Waals surface area (Å²) < 4.78 is 52.9. The molecule has 4 amide bonds. The summed E-state index contributed by atoms with van der Waals surface area (Å²) in [6, 6.07) is 19.7. The SMILES string of the molecule is Cn1c(=O)n(C2CCC(=O)NC2=O)c2ccc(NC3CN(CC(=O)Nc4ccc5c(F)c(N6CC(=O)NS6(=O)=O)c(OCc6ccccc6)cc5c4)C3)cc21. The van der Waals surface area contributed by atoms with E-state index in [2.05, 4.69) is 16.0 Å². The summed E-state index contributed by atoms with van der Waals surface area (Å²) in [4.78, 5) is 64.3. The number of nitrogens with zero attached hydrogens (tertiary/aromatic N) is 4. The highest BCUT2D eigenvalue weighted by Gasteiger charge is 2.38. The molecule has 0 aliphatic carbocycles. The first kappa shape index (κ1) is 35.7. The lowest BCUT2D eigenvalue weighted by molar-refractivity contribution is -0.135. The molecule has 18 heteroatoms. The topological polar surface area (TPSA) is 193 Å². The van der Waals surface area contributed by atoms with Gasteiger partial charge in [-0.3, -0.25) is 38.5 Å². The number of carbonyl (C=O) groups excluding carboxylic acids is 4. The number of hydrogen-bond donors (Lipinski definition) is 4. The highest BCUT2D eigenvalue weighted by atomic mass is 32.2. The van der Waals surface area contributed by atoms with Crippen LogP contribution in [-0.4, -0.2) is 78.3 Å². The normalized spacial score (nSPS) is 18.6. The van der Waals surface area contributed by atoms with Gasteiger partial charge in [0.15, 0.2) is 5.82 Å². The van der Waals surface area contributed by atoms with E-state index >= 15 is 4.39 Å². The zero-order valence-corrected chi connectivity index (χ0v) is 30.2. The van der Waals surface area contributed by atoms with Gasteiger partial charge < -0.3 is 15.4 Å². The van der Waals surface area contributed by atoms with Crippen molar-refractivity contribution in [3.05, 3.63) is 94.7 Å². The van der Waals surface area contributed by atoms with E-state index in [4.69, 9.17) is 4.74 Å². The van der Waals surface area contributed by atoms with Crippen molar-refractivity contribution in [2.45, 2.75) is 31.5 Å². The van der Waals surface area contributed by atoms with E-state index in [1.165, 1.54) is 27.3 Å². The van der Waals surface area contributed by atoms with Crippen LogP contribution < -0.4 is 35.4 Å². The molecule has 3 fully saturated rings. The summed E-state index contributed by atoms with van der Waals surface area (Å²) in [6.45, 7) is 0.608. The van der Waals surface area contributed by atoms with Gasteiger partial charge >= 0.3 is 15.9 Å². The number of aryl methyl sites for hydroxylation is 1. The summed E-state index contributed by atoms with van der Waals surface area (Å²) in [6.07, 6.45) is 0.400. The molecule has 16 nitrogen and oxygen atoms in total. The molecule has 4 N–H and O–H groups in total. The number of halogens is 1. The summed E-state index contributed by atoms with van der Waals surface area (Å²) in [5.74, 6) is -2.94. The molecule has 0 saturated carbocycles. The maximum absolute atomic E-state index is 16.1. The van der Waals surface area contributed by atoms with Crippen molar-refractivity contribution in [2.75, 3.05) is 41.1 Å². The highest BCUT2D eigenvalue weighted by molar-refractivity contribution is 7.92. The number of likely N-dealkylation sites (tertiary alicyclic amines) is 1. The van der Waals surface area contributed by atoms with E-state index in [9.17, 15) is 32.4 Å². The van der Waals surface area contributed by atoms with Crippen LogP contribution in [0.25, 0.3) is 21.8 Å². The summed E-state index contributed by atoms with van der Waals surface area (Å²) in [5.41, 5.74) is 2.38. The quantitative estimate of drug-likeness (QED) is 0.153. The van der Waals surface area contributed by atoms with E-state index in [0.29, 0.717) is 39.5 Å². The first-order valence-electron chi connectivity index (χ1n) is 17.4. The Kier molecular flexibility index (Phi) is 9.00. The number of imidazole rings is 1. The second-order valence-electron chi connectivity index (χ2n) is 13.7. The predicted octanol–water partition coefficient (Wildman–Crippen LogP) is 2.10. The number of piperidine rings is 1. The molecular weight excluding hydrogens is 736 g/mol. The molecule has 1 atom stereocenters. The smallest absolute Gasteiger partial charge is 0.329 e. The van der Waals surface area contributed by atoms with Gasteiger partial charge in [0.05, 0.1) is 23.6 Å². The largest absolute Gasteiger partial charge is 0.487 e. The molecule has 0 bridgehead atoms. The lowest BCUT2D eigenvalue weighted by atomic mass is 10.1. The number of rotatable bonds is 10. The molecule has 1 unspecified atom stereocenters. The van der Waals surface area contributed by atoms with Gasteiger partial charge in [-0.1, -0.05) is 30.3 Å². The van der Waals surface area contributed by atoms with Gasteiger partial charge in [0.25, 0.3) is 5.91 Å². The minimum atomic E-state index is -4.35. The predicted molar refractivity (Wildman–Crippen MR) is 200 cm³/mol. The molecule has 3 saturated heterocycles. The molecule has 8 rings (SSSR count). The molecule has 5 aromatic rings. The van der Waals surface area contributed by atoms with Gasteiger partial charge in [0, 0.05) is 43.3 Å². The highest BCUT2D eigenvalue weighted by Crippen LogP contribution is 2.40. The van der Waals surface area contributed by atoms with Crippen LogP contribution in [-0.2, 0) is 43.0 Å². The molecule has 284 valence electrons. The van der Waals surface area contributed by atoms with E-state index < -0.39 is 46.1 Å². The minimum absolute atomic E-state index is 0.00250. The van der Waals surface area contributed by atoms with E-state index in [1.807, 2.05) is 27.8 Å². The standard InChI is InChI=1S/C37H35FN8O8S/c1-43-29-15-24(8-10-27(29)46(37(43)51)28-11-12-31(47)41-36(28)50)39-25-16-44(17-25)18-32(48)40-23-7-9-26-22(13-23)14-30(54-20-21-5-3-2-4-6-21)35(34(26)38)45-19-33(49)42-55(45,52)53/h2-10,13-15,25,28,39H,11-12,16-20H2,1H3,(H,40,48)(H,42,49)(H,41,47,50). The van der Waals surface area contributed by atoms with Gasteiger partial charge in [-0.15, -0.1) is 0 Å². The third kappa shape index (κ3) is 6.85. The molecule has 4 heterocycles. The Morgan fingerprint density at radius 1 is 0.945 bits per heavy atom. The number of fused-ring (bicyclic) bond motifs is 2. The number of carbonyl (C=O) groups is 4. The van der Waals surface area contributed by atoms with Gasteiger partial charge in [0.2, 0.25) is 17.7 Å². The third-order valence-corrected chi connectivity index (χ3v) is 11.3. The first-order chi connectivity index (χ1) is 26.3. The summed E-state index contributed by atoms with van der Waals surface area (Å²) in [7, 11) is -2.72. The molecule has 4 aromatic carbocycles. The van der Waals surface area contributed by atoms with Gasteiger partial charge in [-0.25, -0.2) is 18.2 Å². The van der Waals surface area contributed by atoms with E-state index in [0.717, 1.165) is 11.3 Å². The van der Waals surface area contributed by atoms with E-state index in [1.54, 1.807) is 43.4 Å². The van der Waals surface area contributed by atoms with E-state index in [-0.39, 0.29) is 60.7 Å². The fourth-order valence-corrected chi connectivity index (χ4v) is 8.40. The van der Waals surface area contributed by atoms with Crippen molar-refractivity contribution in [1.29, 1.82) is 0 Å². The molecule has 3 aliphatic heterocycles. The number of aromatic nitrogens is 2. The average Bonchev–Trinajstić information content (AvgIpc) is 3.54. The van der Waals surface area contributed by atoms with Crippen molar-refractivity contribution >= 4 is 72.7 Å². The molecule has 0 radical (unpaired) electrons. The second-order valence-corrected chi connectivity index (χ2v) is 15.3. The van der Waals surface area contributed by atoms with Crippen LogP contribution in [0.4, 0.5) is 21.5 Å². The van der Waals surface area contributed by atoms with Crippen molar-refractivity contribution < 1.29 is 36.7 Å². The average molecular weight is 771 g/mol. The number of nitrogens with one attached hydrogen (secondary N) is 4. The lowest BCUT2D eigenvalue weighted by Crippen LogP contribution is -2.56. The molecule has 55 heavy (non-hydrogen) atoms. The summed E-state index contributed by atoms with van der Waals surface area (Å²) >= 11 is 0. The number of hydrogen-bond acceptors (Lipinski definition) is 10. The minimum Gasteiger partial charge on any atom is -0.487 e. The van der Waals surface area contributed by atoms with Gasteiger partial charge in [-0.2, -0.15) is 8.42 Å². The molecule has 3 aliphatic rings.